The minimum atomic E-state index is -1.06. The van der Waals surface area contributed by atoms with Gasteiger partial charge in [-0.3, -0.25) is 0 Å². The van der Waals surface area contributed by atoms with Crippen LogP contribution >= 0.6 is 0 Å². The predicted molar refractivity (Wildman–Crippen MR) is 45.6 cm³/mol. The smallest absolute Gasteiger partial charge is 0.328 e. The van der Waals surface area contributed by atoms with E-state index in [1.807, 2.05) is 0 Å². The lowest BCUT2D eigenvalue weighted by molar-refractivity contribution is -0.131. The molecular weight excluding hydrogens is 173 g/mol. The number of pyridine rings is 1. The third-order valence-electron chi connectivity index (χ3n) is 1.52. The Balaban J connectivity index is 3.00. The van der Waals surface area contributed by atoms with Crippen molar-refractivity contribution in [2.75, 3.05) is 0 Å². The van der Waals surface area contributed by atoms with E-state index in [-0.39, 0.29) is 0 Å². The average Bonchev–Trinajstić information content (AvgIpc) is 2.06. The molecule has 0 spiro atoms. The zero-order valence-corrected chi connectivity index (χ0v) is 6.99. The number of carboxylic acids is 1. The van der Waals surface area contributed by atoms with Crippen molar-refractivity contribution < 1.29 is 14.3 Å². The van der Waals surface area contributed by atoms with Gasteiger partial charge in [-0.2, -0.15) is 4.39 Å². The van der Waals surface area contributed by atoms with E-state index in [1.165, 1.54) is 18.3 Å². The average molecular weight is 181 g/mol. The lowest BCUT2D eigenvalue weighted by Gasteiger charge is -1.97. The monoisotopic (exact) mass is 181 g/mol. The zero-order chi connectivity index (χ0) is 9.84. The van der Waals surface area contributed by atoms with Gasteiger partial charge in [0.25, 0.3) is 0 Å². The molecular formula is C9H8FNO2. The summed E-state index contributed by atoms with van der Waals surface area (Å²) in [5.41, 5.74) is 1.26. The summed E-state index contributed by atoms with van der Waals surface area (Å²) in [6.45, 7) is 1.73. The van der Waals surface area contributed by atoms with Crippen molar-refractivity contribution in [1.29, 1.82) is 0 Å². The van der Waals surface area contributed by atoms with Crippen LogP contribution in [0.15, 0.2) is 18.3 Å². The van der Waals surface area contributed by atoms with Gasteiger partial charge >= 0.3 is 5.97 Å². The van der Waals surface area contributed by atoms with Crippen LogP contribution in [0.25, 0.3) is 6.08 Å². The van der Waals surface area contributed by atoms with Gasteiger partial charge in [-0.05, 0) is 24.1 Å². The fourth-order valence-corrected chi connectivity index (χ4v) is 0.853. The molecule has 0 saturated carbocycles. The summed E-state index contributed by atoms with van der Waals surface area (Å²) >= 11 is 0. The highest BCUT2D eigenvalue weighted by atomic mass is 19.1. The van der Waals surface area contributed by atoms with E-state index in [2.05, 4.69) is 4.98 Å². The van der Waals surface area contributed by atoms with Gasteiger partial charge in [-0.15, -0.1) is 0 Å². The summed E-state index contributed by atoms with van der Waals surface area (Å²) < 4.78 is 12.6. The maximum atomic E-state index is 12.6. The fraction of sp³-hybridized carbons (Fsp3) is 0.111. The van der Waals surface area contributed by atoms with Crippen molar-refractivity contribution in [2.24, 2.45) is 0 Å². The number of aryl methyl sites for hydroxylation is 1. The molecule has 0 amide bonds. The summed E-state index contributed by atoms with van der Waals surface area (Å²) in [4.78, 5) is 13.6. The second-order valence-corrected chi connectivity index (χ2v) is 2.54. The van der Waals surface area contributed by atoms with Crippen LogP contribution in [0, 0.1) is 12.9 Å². The quantitative estimate of drug-likeness (QED) is 0.557. The number of carboxylic acid groups (broad SMARTS) is 1. The molecule has 1 aromatic rings. The molecule has 68 valence electrons. The van der Waals surface area contributed by atoms with Crippen LogP contribution in [-0.4, -0.2) is 16.1 Å². The van der Waals surface area contributed by atoms with Crippen LogP contribution in [-0.2, 0) is 4.79 Å². The second kappa shape index (κ2) is 3.80. The molecule has 0 aromatic carbocycles. The number of hydrogen-bond acceptors (Lipinski definition) is 2. The van der Waals surface area contributed by atoms with E-state index in [1.54, 1.807) is 6.92 Å². The highest BCUT2D eigenvalue weighted by Crippen LogP contribution is 2.09. The molecule has 0 aliphatic heterocycles. The molecule has 0 aliphatic carbocycles. The van der Waals surface area contributed by atoms with E-state index in [4.69, 9.17) is 5.11 Å². The Morgan fingerprint density at radius 1 is 1.69 bits per heavy atom. The van der Waals surface area contributed by atoms with Gasteiger partial charge in [0.2, 0.25) is 5.95 Å². The third kappa shape index (κ3) is 2.66. The Hall–Kier alpha value is -1.71. The Morgan fingerprint density at radius 3 is 3.00 bits per heavy atom. The fourth-order valence-electron chi connectivity index (χ4n) is 0.853. The Labute approximate surface area is 74.5 Å². The molecule has 1 rings (SSSR count). The van der Waals surface area contributed by atoms with Crippen LogP contribution in [0.1, 0.15) is 11.1 Å². The molecule has 1 N–H and O–H groups in total. The first-order chi connectivity index (χ1) is 6.09. The second-order valence-electron chi connectivity index (χ2n) is 2.54. The van der Waals surface area contributed by atoms with Gasteiger partial charge in [-0.1, -0.05) is 0 Å². The number of hydrogen-bond donors (Lipinski definition) is 1. The minimum Gasteiger partial charge on any atom is -0.478 e. The van der Waals surface area contributed by atoms with E-state index >= 15 is 0 Å². The zero-order valence-electron chi connectivity index (χ0n) is 6.99. The van der Waals surface area contributed by atoms with Crippen molar-refractivity contribution in [3.05, 3.63) is 35.4 Å². The van der Waals surface area contributed by atoms with Gasteiger partial charge in [0.15, 0.2) is 0 Å². The molecule has 0 unspecified atom stereocenters. The minimum absolute atomic E-state index is 0.523. The number of rotatable bonds is 2. The van der Waals surface area contributed by atoms with Crippen molar-refractivity contribution >= 4 is 12.0 Å². The number of aliphatic carboxylic acids is 1. The van der Waals surface area contributed by atoms with Crippen LogP contribution in [0.2, 0.25) is 0 Å². The third-order valence-corrected chi connectivity index (χ3v) is 1.52. The van der Waals surface area contributed by atoms with Gasteiger partial charge in [0, 0.05) is 18.3 Å². The Morgan fingerprint density at radius 2 is 2.38 bits per heavy atom. The van der Waals surface area contributed by atoms with E-state index in [9.17, 15) is 9.18 Å². The standard InChI is InChI=1S/C9H8FNO2/c1-6-5-11-8(10)4-7(6)2-3-9(12)13/h2-5H,1H3,(H,12,13). The van der Waals surface area contributed by atoms with E-state index in [0.29, 0.717) is 5.56 Å². The topological polar surface area (TPSA) is 50.2 Å². The first kappa shape index (κ1) is 9.38. The Bertz CT molecular complexity index is 361. The molecule has 0 radical (unpaired) electrons. The van der Waals surface area contributed by atoms with Gasteiger partial charge in [0.1, 0.15) is 0 Å². The highest BCUT2D eigenvalue weighted by molar-refractivity contribution is 5.85. The molecule has 1 aromatic heterocycles. The van der Waals surface area contributed by atoms with Crippen molar-refractivity contribution in [3.8, 4) is 0 Å². The molecule has 0 atom stereocenters. The van der Waals surface area contributed by atoms with Crippen LogP contribution in [0.5, 0.6) is 0 Å². The van der Waals surface area contributed by atoms with Crippen molar-refractivity contribution in [2.45, 2.75) is 6.92 Å². The van der Waals surface area contributed by atoms with E-state index < -0.39 is 11.9 Å². The van der Waals surface area contributed by atoms with E-state index in [0.717, 1.165) is 11.6 Å². The highest BCUT2D eigenvalue weighted by Gasteiger charge is 1.98. The molecule has 0 aliphatic rings. The molecule has 4 heteroatoms. The molecule has 3 nitrogen and oxygen atoms in total. The van der Waals surface area contributed by atoms with Gasteiger partial charge in [-0.25, -0.2) is 9.78 Å². The molecule has 0 bridgehead atoms. The molecule has 13 heavy (non-hydrogen) atoms. The summed E-state index contributed by atoms with van der Waals surface area (Å²) in [7, 11) is 0. The van der Waals surface area contributed by atoms with Crippen molar-refractivity contribution in [1.82, 2.24) is 4.98 Å². The predicted octanol–water partition coefficient (Wildman–Crippen LogP) is 1.63. The van der Waals surface area contributed by atoms with Gasteiger partial charge in [0.05, 0.1) is 0 Å². The maximum Gasteiger partial charge on any atom is 0.328 e. The largest absolute Gasteiger partial charge is 0.478 e. The summed E-state index contributed by atoms with van der Waals surface area (Å²) in [6, 6.07) is 1.19. The van der Waals surface area contributed by atoms with Crippen LogP contribution in [0.4, 0.5) is 4.39 Å². The molecule has 0 fully saturated rings. The number of nitrogens with zero attached hydrogens (tertiary/aromatic N) is 1. The first-order valence-electron chi connectivity index (χ1n) is 3.63. The number of aromatic nitrogens is 1. The maximum absolute atomic E-state index is 12.6. The summed E-state index contributed by atoms with van der Waals surface area (Å²) in [6.07, 6.45) is 3.65. The lowest BCUT2D eigenvalue weighted by Crippen LogP contribution is -1.90. The lowest BCUT2D eigenvalue weighted by atomic mass is 10.1. The van der Waals surface area contributed by atoms with Crippen LogP contribution in [0.3, 0.4) is 0 Å². The normalized spacial score (nSPS) is 10.6. The first-order valence-corrected chi connectivity index (χ1v) is 3.63. The number of halogens is 1. The number of carbonyl (C=O) groups is 1. The molecule has 1 heterocycles. The summed E-state index contributed by atoms with van der Waals surface area (Å²) in [5, 5.41) is 8.34. The Kier molecular flexibility index (Phi) is 2.74. The summed E-state index contributed by atoms with van der Waals surface area (Å²) in [5.74, 6) is -1.67. The molecule has 0 saturated heterocycles. The van der Waals surface area contributed by atoms with Crippen LogP contribution < -0.4 is 0 Å². The van der Waals surface area contributed by atoms with Gasteiger partial charge < -0.3 is 5.11 Å². The SMILES string of the molecule is Cc1cnc(F)cc1C=CC(=O)O. The van der Waals surface area contributed by atoms with Crippen molar-refractivity contribution in [3.63, 3.8) is 0 Å².